The van der Waals surface area contributed by atoms with Crippen molar-refractivity contribution in [1.82, 2.24) is 10.2 Å². The zero-order chi connectivity index (χ0) is 12.8. The van der Waals surface area contributed by atoms with Crippen molar-refractivity contribution in [2.24, 2.45) is 34.4 Å². The highest BCUT2D eigenvalue weighted by Gasteiger charge is 2.48. The maximum Gasteiger partial charge on any atom is 0.191 e. The average molecular weight is 262 g/mol. The van der Waals surface area contributed by atoms with Gasteiger partial charge in [-0.05, 0) is 55.8 Å². The molecule has 0 aromatic carbocycles. The van der Waals surface area contributed by atoms with E-state index in [9.17, 15) is 0 Å². The molecule has 0 atom stereocenters. The maximum absolute atomic E-state index is 6.28. The number of hydrogen-bond acceptors (Lipinski definition) is 2. The van der Waals surface area contributed by atoms with E-state index in [4.69, 9.17) is 10.7 Å². The van der Waals surface area contributed by atoms with Crippen LogP contribution in [0.2, 0.25) is 0 Å². The lowest BCUT2D eigenvalue weighted by Gasteiger charge is -2.53. The highest BCUT2D eigenvalue weighted by Crippen LogP contribution is 2.54. The third kappa shape index (κ3) is 2.14. The molecule has 19 heavy (non-hydrogen) atoms. The van der Waals surface area contributed by atoms with Gasteiger partial charge in [0.1, 0.15) is 0 Å². The van der Waals surface area contributed by atoms with Gasteiger partial charge in [-0.3, -0.25) is 0 Å². The van der Waals surface area contributed by atoms with Crippen LogP contribution < -0.4 is 11.1 Å². The van der Waals surface area contributed by atoms with Crippen LogP contribution in [0.15, 0.2) is 4.99 Å². The molecule has 1 aliphatic heterocycles. The second-order valence-electron chi connectivity index (χ2n) is 7.15. The van der Waals surface area contributed by atoms with Crippen LogP contribution in [0.25, 0.3) is 0 Å². The second-order valence-corrected chi connectivity index (χ2v) is 7.15. The van der Waals surface area contributed by atoms with Crippen LogP contribution in [-0.4, -0.2) is 43.1 Å². The van der Waals surface area contributed by atoms with E-state index in [1.54, 1.807) is 0 Å². The van der Waals surface area contributed by atoms with Crippen LogP contribution in [0.3, 0.4) is 0 Å². The van der Waals surface area contributed by atoms with Gasteiger partial charge in [-0.1, -0.05) is 0 Å². The predicted octanol–water partition coefficient (Wildman–Crippen LogP) is 1.03. The van der Waals surface area contributed by atoms with Crippen molar-refractivity contribution >= 4 is 5.96 Å². The number of guanidine groups is 1. The van der Waals surface area contributed by atoms with Crippen molar-refractivity contribution in [1.29, 1.82) is 0 Å². The largest absolute Gasteiger partial charge is 0.370 e. The van der Waals surface area contributed by atoms with E-state index in [0.717, 1.165) is 55.8 Å². The Hall–Kier alpha value is -0.770. The van der Waals surface area contributed by atoms with Gasteiger partial charge in [0.15, 0.2) is 5.96 Å². The predicted molar refractivity (Wildman–Crippen MR) is 76.9 cm³/mol. The fraction of sp³-hybridized carbons (Fsp3) is 0.933. The molecule has 4 saturated carbocycles. The standard InChI is InChI=1S/C15H26N4/c16-15(19-3-1-17-2-4-19)18-14-12-6-10-5-11(8-12)9-13(14)7-10/h10-14,17H,1-9H2,(H2,16,18). The van der Waals surface area contributed by atoms with Gasteiger partial charge in [0.25, 0.3) is 0 Å². The first kappa shape index (κ1) is 12.0. The number of rotatable bonds is 1. The summed E-state index contributed by atoms with van der Waals surface area (Å²) in [4.78, 5) is 7.26. The molecule has 0 spiro atoms. The van der Waals surface area contributed by atoms with Gasteiger partial charge in [0, 0.05) is 26.2 Å². The first-order chi connectivity index (χ1) is 9.29. The fourth-order valence-electron chi connectivity index (χ4n) is 5.24. The lowest BCUT2D eigenvalue weighted by Crippen LogP contribution is -2.52. The summed E-state index contributed by atoms with van der Waals surface area (Å²) in [5, 5.41) is 3.37. The minimum Gasteiger partial charge on any atom is -0.370 e. The Labute approximate surface area is 115 Å². The van der Waals surface area contributed by atoms with Crippen LogP contribution in [0, 0.1) is 23.7 Å². The third-order valence-corrected chi connectivity index (χ3v) is 5.90. The highest BCUT2D eigenvalue weighted by molar-refractivity contribution is 5.78. The minimum absolute atomic E-state index is 0.544. The molecule has 4 aliphatic carbocycles. The molecule has 4 nitrogen and oxygen atoms in total. The molecule has 5 rings (SSSR count). The molecule has 1 saturated heterocycles. The summed E-state index contributed by atoms with van der Waals surface area (Å²) in [7, 11) is 0. The lowest BCUT2D eigenvalue weighted by atomic mass is 9.54. The smallest absolute Gasteiger partial charge is 0.191 e. The summed E-state index contributed by atoms with van der Waals surface area (Å²) in [6, 6.07) is 0.544. The quantitative estimate of drug-likeness (QED) is 0.548. The van der Waals surface area contributed by atoms with Crippen LogP contribution in [-0.2, 0) is 0 Å². The molecule has 5 fully saturated rings. The van der Waals surface area contributed by atoms with Crippen molar-refractivity contribution in [3.8, 4) is 0 Å². The Morgan fingerprint density at radius 1 is 0.947 bits per heavy atom. The molecule has 0 unspecified atom stereocenters. The first-order valence-corrected chi connectivity index (χ1v) is 8.08. The Balaban J connectivity index is 1.49. The van der Waals surface area contributed by atoms with E-state index in [-0.39, 0.29) is 0 Å². The zero-order valence-electron chi connectivity index (χ0n) is 11.7. The third-order valence-electron chi connectivity index (χ3n) is 5.90. The van der Waals surface area contributed by atoms with Gasteiger partial charge in [-0.2, -0.15) is 0 Å². The van der Waals surface area contributed by atoms with E-state index in [1.807, 2.05) is 0 Å². The van der Waals surface area contributed by atoms with E-state index in [0.29, 0.717) is 6.04 Å². The molecule has 5 aliphatic rings. The Morgan fingerprint density at radius 3 is 2.11 bits per heavy atom. The summed E-state index contributed by atoms with van der Waals surface area (Å²) in [5.74, 6) is 4.55. The van der Waals surface area contributed by atoms with E-state index >= 15 is 0 Å². The van der Waals surface area contributed by atoms with E-state index < -0.39 is 0 Å². The Morgan fingerprint density at radius 2 is 1.53 bits per heavy atom. The summed E-state index contributed by atoms with van der Waals surface area (Å²) >= 11 is 0. The van der Waals surface area contributed by atoms with Crippen LogP contribution in [0.5, 0.6) is 0 Å². The molecule has 0 aromatic rings. The molecule has 4 heteroatoms. The average Bonchev–Trinajstić information content (AvgIpc) is 2.43. The number of nitrogens with one attached hydrogen (secondary N) is 1. The summed E-state index contributed by atoms with van der Waals surface area (Å²) in [5.41, 5.74) is 6.28. The first-order valence-electron chi connectivity index (χ1n) is 8.08. The van der Waals surface area contributed by atoms with Crippen molar-refractivity contribution < 1.29 is 0 Å². The number of nitrogens with zero attached hydrogens (tertiary/aromatic N) is 2. The van der Waals surface area contributed by atoms with Crippen LogP contribution in [0.1, 0.15) is 32.1 Å². The van der Waals surface area contributed by atoms with Crippen molar-refractivity contribution in [3.63, 3.8) is 0 Å². The number of nitrogens with two attached hydrogens (primary N) is 1. The molecule has 0 aromatic heterocycles. The second kappa shape index (κ2) is 4.65. The minimum atomic E-state index is 0.544. The molecular weight excluding hydrogens is 236 g/mol. The Bertz CT molecular complexity index is 344. The highest BCUT2D eigenvalue weighted by atomic mass is 15.3. The normalized spacial score (nSPS) is 45.8. The topological polar surface area (TPSA) is 53.6 Å². The molecule has 4 bridgehead atoms. The number of piperazine rings is 1. The van der Waals surface area contributed by atoms with Crippen molar-refractivity contribution in [2.75, 3.05) is 26.2 Å². The van der Waals surface area contributed by atoms with Crippen molar-refractivity contribution in [2.45, 2.75) is 38.1 Å². The molecular formula is C15H26N4. The fourth-order valence-corrected chi connectivity index (χ4v) is 5.24. The summed E-state index contributed by atoms with van der Waals surface area (Å²) < 4.78 is 0. The molecule has 0 amide bonds. The molecule has 0 radical (unpaired) electrons. The van der Waals surface area contributed by atoms with E-state index in [1.165, 1.54) is 32.1 Å². The van der Waals surface area contributed by atoms with E-state index in [2.05, 4.69) is 10.2 Å². The number of aliphatic imine (C=N–C) groups is 1. The van der Waals surface area contributed by atoms with Gasteiger partial charge in [-0.15, -0.1) is 0 Å². The Kier molecular flexibility index (Phi) is 2.94. The van der Waals surface area contributed by atoms with Gasteiger partial charge < -0.3 is 16.0 Å². The van der Waals surface area contributed by atoms with Gasteiger partial charge in [-0.25, -0.2) is 4.99 Å². The molecule has 3 N–H and O–H groups in total. The maximum atomic E-state index is 6.28. The summed E-state index contributed by atoms with van der Waals surface area (Å²) in [6.45, 7) is 4.11. The van der Waals surface area contributed by atoms with Gasteiger partial charge in [0.2, 0.25) is 0 Å². The van der Waals surface area contributed by atoms with Crippen LogP contribution >= 0.6 is 0 Å². The SMILES string of the molecule is NC(=NC1C2CC3CC(C2)CC1C3)N1CCNCC1. The zero-order valence-corrected chi connectivity index (χ0v) is 11.7. The summed E-state index contributed by atoms with van der Waals surface area (Å²) in [6.07, 6.45) is 7.22. The van der Waals surface area contributed by atoms with Crippen molar-refractivity contribution in [3.05, 3.63) is 0 Å². The van der Waals surface area contributed by atoms with Crippen LogP contribution in [0.4, 0.5) is 0 Å². The van der Waals surface area contributed by atoms with Gasteiger partial charge >= 0.3 is 0 Å². The number of hydrogen-bond donors (Lipinski definition) is 2. The lowest BCUT2D eigenvalue weighted by molar-refractivity contribution is 0.000793. The monoisotopic (exact) mass is 262 g/mol. The molecule has 106 valence electrons. The van der Waals surface area contributed by atoms with Gasteiger partial charge in [0.05, 0.1) is 6.04 Å². The molecule has 1 heterocycles.